The molecule has 1 aromatic rings. The van der Waals surface area contributed by atoms with Gasteiger partial charge in [0, 0.05) is 37.4 Å². The first kappa shape index (κ1) is 12.9. The zero-order valence-electron chi connectivity index (χ0n) is 11.9. The average Bonchev–Trinajstić information content (AvgIpc) is 2.94. The van der Waals surface area contributed by atoms with Crippen molar-refractivity contribution in [3.8, 4) is 0 Å². The molecule has 0 saturated carbocycles. The lowest BCUT2D eigenvalue weighted by Crippen LogP contribution is -2.50. The minimum Gasteiger partial charge on any atom is -0.369 e. The first-order valence-electron chi connectivity index (χ1n) is 7.62. The van der Waals surface area contributed by atoms with Crippen molar-refractivity contribution in [3.63, 3.8) is 0 Å². The molecule has 1 aromatic carbocycles. The molecule has 0 aromatic heterocycles. The third-order valence-electron chi connectivity index (χ3n) is 4.71. The molecule has 0 radical (unpaired) electrons. The molecule has 2 heterocycles. The van der Waals surface area contributed by atoms with E-state index in [9.17, 15) is 0 Å². The summed E-state index contributed by atoms with van der Waals surface area (Å²) >= 11 is 0. The Morgan fingerprint density at radius 3 is 2.74 bits per heavy atom. The Labute approximate surface area is 116 Å². The number of nitrogens with two attached hydrogens (primary N) is 1. The van der Waals surface area contributed by atoms with E-state index in [0.29, 0.717) is 0 Å². The fraction of sp³-hybridized carbons (Fsp3) is 0.625. The molecule has 3 nitrogen and oxygen atoms in total. The summed E-state index contributed by atoms with van der Waals surface area (Å²) in [6, 6.07) is 9.85. The summed E-state index contributed by atoms with van der Waals surface area (Å²) in [7, 11) is 0. The lowest BCUT2D eigenvalue weighted by molar-refractivity contribution is 0.231. The molecule has 3 heteroatoms. The molecule has 1 unspecified atom stereocenters. The van der Waals surface area contributed by atoms with Gasteiger partial charge in [0.2, 0.25) is 0 Å². The van der Waals surface area contributed by atoms with E-state index in [1.807, 2.05) is 0 Å². The third kappa shape index (κ3) is 2.63. The summed E-state index contributed by atoms with van der Waals surface area (Å²) < 4.78 is 0. The van der Waals surface area contributed by atoms with Crippen LogP contribution in [0.4, 0.5) is 5.69 Å². The average molecular weight is 259 g/mol. The van der Waals surface area contributed by atoms with Crippen LogP contribution in [0.1, 0.15) is 37.8 Å². The van der Waals surface area contributed by atoms with Crippen LogP contribution in [0.15, 0.2) is 24.3 Å². The Bertz CT molecular complexity index is 415. The van der Waals surface area contributed by atoms with E-state index < -0.39 is 0 Å². The van der Waals surface area contributed by atoms with Gasteiger partial charge in [-0.2, -0.15) is 0 Å². The van der Waals surface area contributed by atoms with Crippen LogP contribution in [0.5, 0.6) is 0 Å². The van der Waals surface area contributed by atoms with Crippen molar-refractivity contribution < 1.29 is 0 Å². The quantitative estimate of drug-likeness (QED) is 0.904. The first-order chi connectivity index (χ1) is 9.28. The van der Waals surface area contributed by atoms with Crippen LogP contribution >= 0.6 is 0 Å². The molecule has 2 fully saturated rings. The maximum atomic E-state index is 6.07. The number of rotatable bonds is 3. The maximum Gasteiger partial charge on any atom is 0.0367 e. The summed E-state index contributed by atoms with van der Waals surface area (Å²) in [6.07, 6.45) is 3.75. The summed E-state index contributed by atoms with van der Waals surface area (Å²) in [5.74, 6) is 0. The first-order valence-corrected chi connectivity index (χ1v) is 7.62. The van der Waals surface area contributed by atoms with Crippen LogP contribution < -0.4 is 10.6 Å². The molecule has 19 heavy (non-hydrogen) atoms. The summed E-state index contributed by atoms with van der Waals surface area (Å²) in [5.41, 5.74) is 8.69. The van der Waals surface area contributed by atoms with Crippen LogP contribution in [0, 0.1) is 0 Å². The van der Waals surface area contributed by atoms with E-state index >= 15 is 0 Å². The van der Waals surface area contributed by atoms with Gasteiger partial charge in [-0.3, -0.25) is 4.90 Å². The molecule has 0 spiro atoms. The Balaban J connectivity index is 1.69. The molecule has 2 atom stereocenters. The van der Waals surface area contributed by atoms with Gasteiger partial charge < -0.3 is 10.6 Å². The molecule has 0 aliphatic carbocycles. The number of hydrogen-bond acceptors (Lipinski definition) is 3. The van der Waals surface area contributed by atoms with Crippen LogP contribution in [-0.2, 0) is 0 Å². The van der Waals surface area contributed by atoms with Gasteiger partial charge in [0.1, 0.15) is 0 Å². The molecule has 3 rings (SSSR count). The molecular weight excluding hydrogens is 234 g/mol. The van der Waals surface area contributed by atoms with Crippen LogP contribution in [0.3, 0.4) is 0 Å². The van der Waals surface area contributed by atoms with Crippen LogP contribution in [-0.4, -0.2) is 37.1 Å². The van der Waals surface area contributed by atoms with Gasteiger partial charge in [0.25, 0.3) is 0 Å². The largest absolute Gasteiger partial charge is 0.369 e. The van der Waals surface area contributed by atoms with Crippen molar-refractivity contribution in [1.82, 2.24) is 4.90 Å². The second-order valence-electron chi connectivity index (χ2n) is 5.88. The minimum atomic E-state index is 0.181. The smallest absolute Gasteiger partial charge is 0.0367 e. The van der Waals surface area contributed by atoms with E-state index in [0.717, 1.165) is 19.0 Å². The van der Waals surface area contributed by atoms with Gasteiger partial charge in [-0.25, -0.2) is 0 Å². The van der Waals surface area contributed by atoms with E-state index in [4.69, 9.17) is 5.73 Å². The second kappa shape index (κ2) is 5.51. The highest BCUT2D eigenvalue weighted by atomic mass is 15.3. The predicted octanol–water partition coefficient (Wildman–Crippen LogP) is 2.38. The lowest BCUT2D eigenvalue weighted by Gasteiger charge is -2.38. The topological polar surface area (TPSA) is 32.5 Å². The molecular formula is C16H25N3. The molecule has 2 N–H and O–H groups in total. The number of benzene rings is 1. The highest BCUT2D eigenvalue weighted by Crippen LogP contribution is 2.26. The molecule has 2 aliphatic rings. The number of anilines is 1. The Morgan fingerprint density at radius 1 is 1.21 bits per heavy atom. The molecule has 0 bridgehead atoms. The zero-order valence-corrected chi connectivity index (χ0v) is 11.9. The van der Waals surface area contributed by atoms with Crippen molar-refractivity contribution in [2.24, 2.45) is 5.73 Å². The van der Waals surface area contributed by atoms with Crippen molar-refractivity contribution in [3.05, 3.63) is 29.8 Å². The van der Waals surface area contributed by atoms with Crippen LogP contribution in [0.25, 0.3) is 0 Å². The van der Waals surface area contributed by atoms with Gasteiger partial charge in [0.05, 0.1) is 0 Å². The third-order valence-corrected chi connectivity index (χ3v) is 4.71. The Morgan fingerprint density at radius 2 is 2.00 bits per heavy atom. The maximum absolute atomic E-state index is 6.07. The molecule has 0 amide bonds. The van der Waals surface area contributed by atoms with Crippen molar-refractivity contribution in [1.29, 1.82) is 0 Å². The van der Waals surface area contributed by atoms with E-state index in [1.165, 1.54) is 43.7 Å². The Kier molecular flexibility index (Phi) is 3.76. The zero-order chi connectivity index (χ0) is 13.2. The Hall–Kier alpha value is -1.06. The number of hydrogen-bond donors (Lipinski definition) is 1. The lowest BCUT2D eigenvalue weighted by atomic mass is 10.0. The second-order valence-corrected chi connectivity index (χ2v) is 5.88. The van der Waals surface area contributed by atoms with E-state index in [-0.39, 0.29) is 6.04 Å². The predicted molar refractivity (Wildman–Crippen MR) is 80.5 cm³/mol. The summed E-state index contributed by atoms with van der Waals surface area (Å²) in [4.78, 5) is 5.19. The SMILES string of the molecule is CC[C@@H](N)c1ccc(N2CCN3CCCC3C2)cc1. The highest BCUT2D eigenvalue weighted by molar-refractivity contribution is 5.48. The normalized spacial score (nSPS) is 25.4. The van der Waals surface area contributed by atoms with Gasteiger partial charge in [-0.15, -0.1) is 0 Å². The highest BCUT2D eigenvalue weighted by Gasteiger charge is 2.30. The molecule has 2 aliphatic heterocycles. The van der Waals surface area contributed by atoms with Gasteiger partial charge >= 0.3 is 0 Å². The standard InChI is InChI=1S/C16H25N3/c1-2-16(17)13-5-7-14(8-6-13)19-11-10-18-9-3-4-15(18)12-19/h5-8,15-16H,2-4,9-12,17H2,1H3/t15?,16-/m1/s1. The van der Waals surface area contributed by atoms with Gasteiger partial charge in [-0.05, 0) is 43.5 Å². The fourth-order valence-electron chi connectivity index (χ4n) is 3.39. The summed E-state index contributed by atoms with van der Waals surface area (Å²) in [6.45, 7) is 7.02. The number of fused-ring (bicyclic) bond motifs is 1. The molecule has 104 valence electrons. The number of piperazine rings is 1. The van der Waals surface area contributed by atoms with E-state index in [2.05, 4.69) is 41.0 Å². The van der Waals surface area contributed by atoms with Gasteiger partial charge in [0.15, 0.2) is 0 Å². The van der Waals surface area contributed by atoms with Crippen LogP contribution in [0.2, 0.25) is 0 Å². The van der Waals surface area contributed by atoms with E-state index in [1.54, 1.807) is 0 Å². The molecule has 2 saturated heterocycles. The van der Waals surface area contributed by atoms with Gasteiger partial charge in [-0.1, -0.05) is 19.1 Å². The van der Waals surface area contributed by atoms with Crippen molar-refractivity contribution in [2.45, 2.75) is 38.3 Å². The fourth-order valence-corrected chi connectivity index (χ4v) is 3.39. The number of nitrogens with zero attached hydrogens (tertiary/aromatic N) is 2. The minimum absolute atomic E-state index is 0.181. The monoisotopic (exact) mass is 259 g/mol. The van der Waals surface area contributed by atoms with Crippen molar-refractivity contribution in [2.75, 3.05) is 31.1 Å². The van der Waals surface area contributed by atoms with Crippen molar-refractivity contribution >= 4 is 5.69 Å². The summed E-state index contributed by atoms with van der Waals surface area (Å²) in [5, 5.41) is 0.